The van der Waals surface area contributed by atoms with Gasteiger partial charge in [0.25, 0.3) is 10.2 Å². The Bertz CT molecular complexity index is 364. The van der Waals surface area contributed by atoms with E-state index in [0.717, 1.165) is 25.7 Å². The van der Waals surface area contributed by atoms with Crippen LogP contribution in [0.2, 0.25) is 0 Å². The average molecular weight is 276 g/mol. The van der Waals surface area contributed by atoms with Crippen molar-refractivity contribution in [2.24, 2.45) is 5.92 Å². The molecule has 2 rings (SSSR count). The second kappa shape index (κ2) is 5.86. The number of aliphatic hydroxyl groups is 1. The summed E-state index contributed by atoms with van der Waals surface area (Å²) in [5.41, 5.74) is 0. The van der Waals surface area contributed by atoms with Gasteiger partial charge in [-0.2, -0.15) is 17.0 Å². The average Bonchev–Trinajstić information content (AvgIpc) is 2.61. The van der Waals surface area contributed by atoms with Gasteiger partial charge < -0.3 is 5.11 Å². The summed E-state index contributed by atoms with van der Waals surface area (Å²) >= 11 is 0. The predicted molar refractivity (Wildman–Crippen MR) is 70.3 cm³/mol. The molecule has 5 nitrogen and oxygen atoms in total. The van der Waals surface area contributed by atoms with Gasteiger partial charge in [-0.1, -0.05) is 19.8 Å². The molecule has 0 amide bonds. The standard InChI is InChI=1S/C12H24N2O3S/c1-11-10-14(9-6-12(11)15)18(16,17)13-7-4-2-3-5-8-13/h11-12,15H,2-10H2,1H3. The second-order valence-corrected chi connectivity index (χ2v) is 7.44. The van der Waals surface area contributed by atoms with Crippen molar-refractivity contribution in [3.63, 3.8) is 0 Å². The molecule has 2 unspecified atom stereocenters. The highest BCUT2D eigenvalue weighted by molar-refractivity contribution is 7.86. The van der Waals surface area contributed by atoms with Crippen molar-refractivity contribution >= 4 is 10.2 Å². The van der Waals surface area contributed by atoms with E-state index < -0.39 is 10.2 Å². The highest BCUT2D eigenvalue weighted by atomic mass is 32.2. The van der Waals surface area contributed by atoms with E-state index in [1.807, 2.05) is 6.92 Å². The Labute approximate surface area is 110 Å². The van der Waals surface area contributed by atoms with Crippen LogP contribution in [0.3, 0.4) is 0 Å². The van der Waals surface area contributed by atoms with Crippen LogP contribution in [-0.2, 0) is 10.2 Å². The first-order valence-corrected chi connectivity index (χ1v) is 8.35. The maximum Gasteiger partial charge on any atom is 0.281 e. The zero-order chi connectivity index (χ0) is 13.2. The Kier molecular flexibility index (Phi) is 4.64. The third-order valence-electron chi connectivity index (χ3n) is 4.04. The molecule has 0 bridgehead atoms. The summed E-state index contributed by atoms with van der Waals surface area (Å²) in [5.74, 6) is 0.0282. The topological polar surface area (TPSA) is 60.9 Å². The molecule has 2 aliphatic heterocycles. The Hall–Kier alpha value is -0.170. The van der Waals surface area contributed by atoms with Crippen LogP contribution in [0.25, 0.3) is 0 Å². The molecule has 0 radical (unpaired) electrons. The van der Waals surface area contributed by atoms with Crippen LogP contribution in [0.1, 0.15) is 39.0 Å². The molecule has 106 valence electrons. The lowest BCUT2D eigenvalue weighted by molar-refractivity contribution is 0.0608. The van der Waals surface area contributed by atoms with Crippen molar-refractivity contribution in [2.75, 3.05) is 26.2 Å². The van der Waals surface area contributed by atoms with Gasteiger partial charge in [-0.3, -0.25) is 0 Å². The van der Waals surface area contributed by atoms with E-state index in [1.165, 1.54) is 0 Å². The van der Waals surface area contributed by atoms with Crippen molar-refractivity contribution in [1.82, 2.24) is 8.61 Å². The highest BCUT2D eigenvalue weighted by Gasteiger charge is 2.35. The number of nitrogens with zero attached hydrogens (tertiary/aromatic N) is 2. The van der Waals surface area contributed by atoms with Gasteiger partial charge in [0, 0.05) is 26.2 Å². The number of aliphatic hydroxyl groups excluding tert-OH is 1. The lowest BCUT2D eigenvalue weighted by Crippen LogP contribution is -2.50. The molecule has 2 saturated heterocycles. The summed E-state index contributed by atoms with van der Waals surface area (Å²) in [6.45, 7) is 4.10. The van der Waals surface area contributed by atoms with Gasteiger partial charge in [-0.05, 0) is 25.2 Å². The largest absolute Gasteiger partial charge is 0.393 e. The Balaban J connectivity index is 2.05. The molecule has 2 fully saturated rings. The maximum atomic E-state index is 12.5. The molecular weight excluding hydrogens is 252 g/mol. The van der Waals surface area contributed by atoms with E-state index in [1.54, 1.807) is 8.61 Å². The molecule has 0 aliphatic carbocycles. The third-order valence-corrected chi connectivity index (χ3v) is 6.04. The number of rotatable bonds is 2. The summed E-state index contributed by atoms with van der Waals surface area (Å²) < 4.78 is 28.2. The van der Waals surface area contributed by atoms with E-state index in [4.69, 9.17) is 0 Å². The summed E-state index contributed by atoms with van der Waals surface area (Å²) in [5, 5.41) is 9.68. The summed E-state index contributed by atoms with van der Waals surface area (Å²) in [7, 11) is -3.31. The zero-order valence-corrected chi connectivity index (χ0v) is 11.9. The van der Waals surface area contributed by atoms with Crippen LogP contribution >= 0.6 is 0 Å². The first-order valence-electron chi connectivity index (χ1n) is 6.95. The second-order valence-electron chi connectivity index (χ2n) is 5.51. The van der Waals surface area contributed by atoms with E-state index >= 15 is 0 Å². The van der Waals surface area contributed by atoms with Gasteiger partial charge in [-0.15, -0.1) is 0 Å². The molecule has 0 saturated carbocycles. The molecule has 0 spiro atoms. The molecule has 2 aliphatic rings. The predicted octanol–water partition coefficient (Wildman–Crippen LogP) is 0.810. The van der Waals surface area contributed by atoms with Gasteiger partial charge in [0.15, 0.2) is 0 Å². The van der Waals surface area contributed by atoms with Crippen molar-refractivity contribution in [3.8, 4) is 0 Å². The summed E-state index contributed by atoms with van der Waals surface area (Å²) in [4.78, 5) is 0. The fourth-order valence-corrected chi connectivity index (χ4v) is 4.55. The number of piperidine rings is 1. The zero-order valence-electron chi connectivity index (χ0n) is 11.1. The number of hydrogen-bond donors (Lipinski definition) is 1. The summed E-state index contributed by atoms with van der Waals surface area (Å²) in [6, 6.07) is 0. The minimum absolute atomic E-state index is 0.0282. The van der Waals surface area contributed by atoms with Crippen LogP contribution in [-0.4, -0.2) is 54.4 Å². The third kappa shape index (κ3) is 3.04. The Morgan fingerprint density at radius 3 is 2.17 bits per heavy atom. The van der Waals surface area contributed by atoms with Crippen molar-refractivity contribution in [1.29, 1.82) is 0 Å². The van der Waals surface area contributed by atoms with Crippen LogP contribution in [0.4, 0.5) is 0 Å². The number of hydrogen-bond acceptors (Lipinski definition) is 3. The van der Waals surface area contributed by atoms with Crippen molar-refractivity contribution in [3.05, 3.63) is 0 Å². The van der Waals surface area contributed by atoms with Gasteiger partial charge >= 0.3 is 0 Å². The van der Waals surface area contributed by atoms with E-state index in [-0.39, 0.29) is 12.0 Å². The fourth-order valence-electron chi connectivity index (χ4n) is 2.74. The minimum atomic E-state index is -3.31. The highest BCUT2D eigenvalue weighted by Crippen LogP contribution is 2.23. The Morgan fingerprint density at radius 1 is 1.00 bits per heavy atom. The lowest BCUT2D eigenvalue weighted by atomic mass is 9.99. The van der Waals surface area contributed by atoms with Crippen LogP contribution in [0, 0.1) is 5.92 Å². The normalized spacial score (nSPS) is 33.2. The molecule has 6 heteroatoms. The first-order chi connectivity index (χ1) is 8.51. The molecule has 18 heavy (non-hydrogen) atoms. The SMILES string of the molecule is CC1CN(S(=O)(=O)N2CCCCCC2)CCC1O. The minimum Gasteiger partial charge on any atom is -0.393 e. The smallest absolute Gasteiger partial charge is 0.281 e. The molecular formula is C12H24N2O3S. The van der Waals surface area contributed by atoms with Crippen LogP contribution in [0.5, 0.6) is 0 Å². The van der Waals surface area contributed by atoms with Crippen molar-refractivity contribution < 1.29 is 13.5 Å². The van der Waals surface area contributed by atoms with Gasteiger partial charge in [0.05, 0.1) is 6.10 Å². The monoisotopic (exact) mass is 276 g/mol. The molecule has 1 N–H and O–H groups in total. The summed E-state index contributed by atoms with van der Waals surface area (Å²) in [6.07, 6.45) is 4.37. The van der Waals surface area contributed by atoms with Crippen LogP contribution < -0.4 is 0 Å². The maximum absolute atomic E-state index is 12.5. The molecule has 0 aromatic rings. The lowest BCUT2D eigenvalue weighted by Gasteiger charge is -2.36. The van der Waals surface area contributed by atoms with Gasteiger partial charge in [0.1, 0.15) is 0 Å². The van der Waals surface area contributed by atoms with E-state index in [0.29, 0.717) is 32.6 Å². The van der Waals surface area contributed by atoms with Gasteiger partial charge in [0.2, 0.25) is 0 Å². The molecule has 2 atom stereocenters. The van der Waals surface area contributed by atoms with E-state index in [9.17, 15) is 13.5 Å². The van der Waals surface area contributed by atoms with E-state index in [2.05, 4.69) is 0 Å². The van der Waals surface area contributed by atoms with Gasteiger partial charge in [-0.25, -0.2) is 0 Å². The molecule has 2 heterocycles. The van der Waals surface area contributed by atoms with Crippen molar-refractivity contribution in [2.45, 2.75) is 45.1 Å². The van der Waals surface area contributed by atoms with Crippen LogP contribution in [0.15, 0.2) is 0 Å². The fraction of sp³-hybridized carbons (Fsp3) is 1.00. The Morgan fingerprint density at radius 2 is 1.61 bits per heavy atom. The first kappa shape index (κ1) is 14.2. The quantitative estimate of drug-likeness (QED) is 0.812. The molecule has 0 aromatic carbocycles. The molecule has 0 aromatic heterocycles.